The lowest BCUT2D eigenvalue weighted by molar-refractivity contribution is -0.142. The van der Waals surface area contributed by atoms with E-state index in [1.165, 1.54) is 0 Å². The SMILES string of the molecule is CN(C)CCc1nnc2n1CCC(C(=O)O)C2. The fraction of sp³-hybridized carbons (Fsp3) is 0.727. The van der Waals surface area contributed by atoms with E-state index in [1.807, 2.05) is 14.1 Å². The van der Waals surface area contributed by atoms with E-state index in [9.17, 15) is 4.79 Å². The number of aromatic nitrogens is 3. The Kier molecular flexibility index (Phi) is 3.42. The molecule has 1 atom stereocenters. The third kappa shape index (κ3) is 2.63. The fourth-order valence-corrected chi connectivity index (χ4v) is 2.11. The van der Waals surface area contributed by atoms with Crippen LogP contribution in [0.4, 0.5) is 0 Å². The smallest absolute Gasteiger partial charge is 0.307 e. The van der Waals surface area contributed by atoms with Crippen LogP contribution in [-0.2, 0) is 24.2 Å². The van der Waals surface area contributed by atoms with E-state index in [1.54, 1.807) is 0 Å². The molecule has 0 amide bonds. The minimum Gasteiger partial charge on any atom is -0.481 e. The van der Waals surface area contributed by atoms with Crippen LogP contribution in [0.15, 0.2) is 0 Å². The molecule has 1 N–H and O–H groups in total. The van der Waals surface area contributed by atoms with Crippen molar-refractivity contribution >= 4 is 5.97 Å². The molecule has 0 saturated carbocycles. The third-order valence-electron chi connectivity index (χ3n) is 3.17. The lowest BCUT2D eigenvalue weighted by atomic mass is 9.98. The maximum atomic E-state index is 10.9. The second kappa shape index (κ2) is 4.83. The predicted octanol–water partition coefficient (Wildman–Crippen LogP) is 0.0292. The Balaban J connectivity index is 2.07. The van der Waals surface area contributed by atoms with E-state index in [0.29, 0.717) is 12.8 Å². The Hall–Kier alpha value is -1.43. The molecule has 6 nitrogen and oxygen atoms in total. The van der Waals surface area contributed by atoms with Crippen molar-refractivity contribution in [3.63, 3.8) is 0 Å². The van der Waals surface area contributed by atoms with Crippen molar-refractivity contribution in [1.29, 1.82) is 0 Å². The summed E-state index contributed by atoms with van der Waals surface area (Å²) in [5.41, 5.74) is 0. The highest BCUT2D eigenvalue weighted by Gasteiger charge is 2.27. The summed E-state index contributed by atoms with van der Waals surface area (Å²) < 4.78 is 2.07. The van der Waals surface area contributed by atoms with E-state index < -0.39 is 5.97 Å². The van der Waals surface area contributed by atoms with Crippen molar-refractivity contribution < 1.29 is 9.90 Å². The second-order valence-corrected chi connectivity index (χ2v) is 4.77. The number of aliphatic carboxylic acids is 1. The molecule has 0 radical (unpaired) electrons. The van der Waals surface area contributed by atoms with Gasteiger partial charge in [0.2, 0.25) is 0 Å². The number of fused-ring (bicyclic) bond motifs is 1. The van der Waals surface area contributed by atoms with Gasteiger partial charge in [-0.25, -0.2) is 0 Å². The average molecular weight is 238 g/mol. The largest absolute Gasteiger partial charge is 0.481 e. The number of carbonyl (C=O) groups is 1. The molecule has 94 valence electrons. The molecule has 0 saturated heterocycles. The standard InChI is InChI=1S/C11H18N4O2/c1-14(2)5-4-9-12-13-10-7-8(11(16)17)3-6-15(9)10/h8H,3-7H2,1-2H3,(H,16,17). The molecular formula is C11H18N4O2. The molecule has 1 aromatic rings. The zero-order valence-electron chi connectivity index (χ0n) is 10.3. The summed E-state index contributed by atoms with van der Waals surface area (Å²) in [6, 6.07) is 0. The Morgan fingerprint density at radius 3 is 2.94 bits per heavy atom. The van der Waals surface area contributed by atoms with E-state index in [0.717, 1.165) is 31.2 Å². The van der Waals surface area contributed by atoms with Gasteiger partial charge in [-0.3, -0.25) is 4.79 Å². The van der Waals surface area contributed by atoms with Gasteiger partial charge >= 0.3 is 5.97 Å². The first-order valence-corrected chi connectivity index (χ1v) is 5.86. The van der Waals surface area contributed by atoms with Crippen molar-refractivity contribution in [3.05, 3.63) is 11.6 Å². The van der Waals surface area contributed by atoms with E-state index in [2.05, 4.69) is 19.7 Å². The molecule has 1 aliphatic rings. The zero-order valence-corrected chi connectivity index (χ0v) is 10.3. The van der Waals surface area contributed by atoms with E-state index >= 15 is 0 Å². The lowest BCUT2D eigenvalue weighted by Crippen LogP contribution is -2.27. The molecule has 0 bridgehead atoms. The highest BCUT2D eigenvalue weighted by atomic mass is 16.4. The highest BCUT2D eigenvalue weighted by Crippen LogP contribution is 2.20. The van der Waals surface area contributed by atoms with Gasteiger partial charge < -0.3 is 14.6 Å². The summed E-state index contributed by atoms with van der Waals surface area (Å²) in [6.45, 7) is 1.66. The summed E-state index contributed by atoms with van der Waals surface area (Å²) in [5, 5.41) is 17.2. The summed E-state index contributed by atoms with van der Waals surface area (Å²) in [5.74, 6) is 0.762. The molecular weight excluding hydrogens is 220 g/mol. The van der Waals surface area contributed by atoms with Gasteiger partial charge in [-0.15, -0.1) is 10.2 Å². The van der Waals surface area contributed by atoms with Crippen LogP contribution in [0.5, 0.6) is 0 Å². The summed E-state index contributed by atoms with van der Waals surface area (Å²) >= 11 is 0. The van der Waals surface area contributed by atoms with E-state index in [4.69, 9.17) is 5.11 Å². The number of hydrogen-bond acceptors (Lipinski definition) is 4. The molecule has 17 heavy (non-hydrogen) atoms. The van der Waals surface area contributed by atoms with Gasteiger partial charge in [0.15, 0.2) is 0 Å². The van der Waals surface area contributed by atoms with Crippen LogP contribution in [0.2, 0.25) is 0 Å². The highest BCUT2D eigenvalue weighted by molar-refractivity contribution is 5.70. The Morgan fingerprint density at radius 1 is 1.53 bits per heavy atom. The quantitative estimate of drug-likeness (QED) is 0.801. The van der Waals surface area contributed by atoms with Crippen LogP contribution in [0.1, 0.15) is 18.1 Å². The Bertz CT molecular complexity index is 414. The number of carboxylic acids is 1. The van der Waals surface area contributed by atoms with Crippen LogP contribution in [0, 0.1) is 5.92 Å². The minimum absolute atomic E-state index is 0.298. The van der Waals surface area contributed by atoms with Crippen molar-refractivity contribution in [3.8, 4) is 0 Å². The summed E-state index contributed by atoms with van der Waals surface area (Å²) in [6.07, 6.45) is 2.04. The minimum atomic E-state index is -0.728. The number of carboxylic acid groups (broad SMARTS) is 1. The monoisotopic (exact) mass is 238 g/mol. The Labute approximate surface area is 100 Å². The first-order chi connectivity index (χ1) is 8.08. The first-order valence-electron chi connectivity index (χ1n) is 5.86. The summed E-state index contributed by atoms with van der Waals surface area (Å²) in [7, 11) is 4.04. The topological polar surface area (TPSA) is 71.2 Å². The number of rotatable bonds is 4. The molecule has 2 heterocycles. The van der Waals surface area contributed by atoms with Crippen LogP contribution in [-0.4, -0.2) is 51.4 Å². The van der Waals surface area contributed by atoms with Gasteiger partial charge in [0, 0.05) is 25.9 Å². The first kappa shape index (κ1) is 12.0. The molecule has 1 unspecified atom stereocenters. The van der Waals surface area contributed by atoms with E-state index in [-0.39, 0.29) is 5.92 Å². The number of hydrogen-bond donors (Lipinski definition) is 1. The van der Waals surface area contributed by atoms with Crippen LogP contribution in [0.25, 0.3) is 0 Å². The van der Waals surface area contributed by atoms with Crippen molar-refractivity contribution in [2.75, 3.05) is 20.6 Å². The van der Waals surface area contributed by atoms with Gasteiger partial charge in [-0.1, -0.05) is 0 Å². The molecule has 1 aromatic heterocycles. The molecule has 0 fully saturated rings. The van der Waals surface area contributed by atoms with Crippen LogP contribution < -0.4 is 0 Å². The van der Waals surface area contributed by atoms with Crippen molar-refractivity contribution in [2.45, 2.75) is 25.8 Å². The molecule has 1 aliphatic heterocycles. The maximum Gasteiger partial charge on any atom is 0.307 e. The maximum absolute atomic E-state index is 10.9. The Morgan fingerprint density at radius 2 is 2.29 bits per heavy atom. The molecule has 2 rings (SSSR count). The lowest BCUT2D eigenvalue weighted by Gasteiger charge is -2.20. The van der Waals surface area contributed by atoms with Crippen LogP contribution >= 0.6 is 0 Å². The zero-order chi connectivity index (χ0) is 12.4. The van der Waals surface area contributed by atoms with Crippen LogP contribution in [0.3, 0.4) is 0 Å². The van der Waals surface area contributed by atoms with Gasteiger partial charge in [-0.05, 0) is 20.5 Å². The van der Waals surface area contributed by atoms with Crippen molar-refractivity contribution in [1.82, 2.24) is 19.7 Å². The van der Waals surface area contributed by atoms with Gasteiger partial charge in [0.1, 0.15) is 11.6 Å². The molecule has 6 heteroatoms. The molecule has 0 aliphatic carbocycles. The number of likely N-dealkylation sites (N-methyl/N-ethyl adjacent to an activating group) is 1. The second-order valence-electron chi connectivity index (χ2n) is 4.77. The van der Waals surface area contributed by atoms with Gasteiger partial charge in [0.25, 0.3) is 0 Å². The normalized spacial score (nSPS) is 19.4. The van der Waals surface area contributed by atoms with Crippen molar-refractivity contribution in [2.24, 2.45) is 5.92 Å². The average Bonchev–Trinajstić information content (AvgIpc) is 2.68. The third-order valence-corrected chi connectivity index (χ3v) is 3.17. The summed E-state index contributed by atoms with van der Waals surface area (Å²) in [4.78, 5) is 13.0. The fourth-order valence-electron chi connectivity index (χ4n) is 2.11. The van der Waals surface area contributed by atoms with Gasteiger partial charge in [0.05, 0.1) is 5.92 Å². The van der Waals surface area contributed by atoms with Gasteiger partial charge in [-0.2, -0.15) is 0 Å². The molecule has 0 aromatic carbocycles. The molecule has 0 spiro atoms. The number of nitrogens with zero attached hydrogens (tertiary/aromatic N) is 4. The predicted molar refractivity (Wildman–Crippen MR) is 61.7 cm³/mol.